The van der Waals surface area contributed by atoms with Crippen molar-refractivity contribution in [1.29, 1.82) is 0 Å². The molecule has 2 aromatic carbocycles. The van der Waals surface area contributed by atoms with Crippen molar-refractivity contribution in [3.05, 3.63) is 65.0 Å². The number of halogens is 8. The molecule has 0 radical (unpaired) electrons. The molecule has 1 saturated heterocycles. The monoisotopic (exact) mass is 610 g/mol. The zero-order valence-corrected chi connectivity index (χ0v) is 21.8. The van der Waals surface area contributed by atoms with Gasteiger partial charge in [-0.2, -0.15) is 26.3 Å². The lowest BCUT2D eigenvalue weighted by Gasteiger charge is -2.43. The van der Waals surface area contributed by atoms with Crippen molar-refractivity contribution in [1.82, 2.24) is 10.4 Å². The third kappa shape index (κ3) is 4.21. The predicted octanol–water partition coefficient (Wildman–Crippen LogP) is 5.02. The van der Waals surface area contributed by atoms with E-state index in [2.05, 4.69) is 5.43 Å². The Balaban J connectivity index is 1.68. The van der Waals surface area contributed by atoms with E-state index in [4.69, 9.17) is 0 Å². The zero-order valence-electron chi connectivity index (χ0n) is 21.0. The Morgan fingerprint density at radius 3 is 2.12 bits per heavy atom. The number of benzene rings is 2. The first-order valence-corrected chi connectivity index (χ1v) is 14.0. The van der Waals surface area contributed by atoms with Crippen LogP contribution in [0.25, 0.3) is 0 Å². The average molecular weight is 611 g/mol. The summed E-state index contributed by atoms with van der Waals surface area (Å²) in [4.78, 5) is 24.7. The molecule has 1 heterocycles. The summed E-state index contributed by atoms with van der Waals surface area (Å²) in [5.41, 5.74) is -5.44. The molecule has 0 spiro atoms. The van der Waals surface area contributed by atoms with E-state index in [1.54, 1.807) is 0 Å². The second kappa shape index (κ2) is 9.39. The third-order valence-electron chi connectivity index (χ3n) is 8.39. The van der Waals surface area contributed by atoms with Gasteiger partial charge < -0.3 is 0 Å². The van der Waals surface area contributed by atoms with Gasteiger partial charge in [0.05, 0.1) is 11.4 Å². The summed E-state index contributed by atoms with van der Waals surface area (Å²) in [6.07, 6.45) is -13.4. The maximum atomic E-state index is 14.9. The lowest BCUT2D eigenvalue weighted by molar-refractivity contribution is -0.348. The fraction of sp³-hybridized carbons (Fsp3) is 0.462. The lowest BCUT2D eigenvalue weighted by Crippen LogP contribution is -2.51. The summed E-state index contributed by atoms with van der Waals surface area (Å²) in [5.74, 6) is -3.72. The smallest absolute Gasteiger partial charge is 0.273 e. The number of nitrogens with one attached hydrogen (secondary N) is 1. The molecule has 0 bridgehead atoms. The number of hydrogen-bond donors (Lipinski definition) is 1. The largest absolute Gasteiger partial charge is 0.435 e. The molecule has 2 aliphatic carbocycles. The van der Waals surface area contributed by atoms with Crippen LogP contribution >= 0.6 is 0 Å². The molecule has 2 amide bonds. The maximum Gasteiger partial charge on any atom is 0.435 e. The fourth-order valence-electron chi connectivity index (χ4n) is 6.52. The minimum absolute atomic E-state index is 0.0249. The maximum absolute atomic E-state index is 14.9. The van der Waals surface area contributed by atoms with Crippen LogP contribution in [0.15, 0.2) is 47.4 Å². The predicted molar refractivity (Wildman–Crippen MR) is 126 cm³/mol. The Morgan fingerprint density at radius 1 is 0.927 bits per heavy atom. The highest BCUT2D eigenvalue weighted by Crippen LogP contribution is 2.60. The molecule has 3 aliphatic rings. The Morgan fingerprint density at radius 2 is 1.56 bits per heavy atom. The number of carbonyl (C=O) groups excluding carboxylic acids is 2. The van der Waals surface area contributed by atoms with Crippen LogP contribution in [0.4, 0.5) is 35.1 Å². The fourth-order valence-corrected chi connectivity index (χ4v) is 8.99. The summed E-state index contributed by atoms with van der Waals surface area (Å²) in [6, 6.07) is 5.15. The van der Waals surface area contributed by atoms with Crippen LogP contribution in [0.1, 0.15) is 42.4 Å². The number of aryl methyl sites for hydroxylation is 1. The molecule has 1 N–H and O–H groups in total. The van der Waals surface area contributed by atoms with Crippen LogP contribution in [0.2, 0.25) is 0 Å². The molecule has 222 valence electrons. The van der Waals surface area contributed by atoms with E-state index in [0.717, 1.165) is 35.3 Å². The molecular weight excluding hydrogens is 588 g/mol. The molecule has 0 aromatic heterocycles. The van der Waals surface area contributed by atoms with Crippen molar-refractivity contribution in [3.8, 4) is 0 Å². The van der Waals surface area contributed by atoms with Crippen LogP contribution in [0, 0.1) is 17.7 Å². The van der Waals surface area contributed by atoms with Gasteiger partial charge in [0.1, 0.15) is 10.6 Å². The van der Waals surface area contributed by atoms with E-state index in [0.29, 0.717) is 6.07 Å². The molecule has 41 heavy (non-hydrogen) atoms. The number of carbonyl (C=O) groups is 2. The van der Waals surface area contributed by atoms with Crippen molar-refractivity contribution in [3.63, 3.8) is 0 Å². The number of sulfone groups is 1. The molecule has 2 fully saturated rings. The third-order valence-corrected chi connectivity index (χ3v) is 11.0. The van der Waals surface area contributed by atoms with Gasteiger partial charge in [0, 0.05) is 17.9 Å². The highest BCUT2D eigenvalue weighted by molar-refractivity contribution is 7.92. The molecule has 3 atom stereocenters. The van der Waals surface area contributed by atoms with Crippen molar-refractivity contribution in [2.75, 3.05) is 6.54 Å². The van der Waals surface area contributed by atoms with Crippen molar-refractivity contribution >= 4 is 21.7 Å². The highest BCUT2D eigenvalue weighted by atomic mass is 32.2. The van der Waals surface area contributed by atoms with E-state index in [1.165, 1.54) is 0 Å². The molecule has 5 rings (SSSR count). The van der Waals surface area contributed by atoms with Crippen molar-refractivity contribution in [2.24, 2.45) is 11.8 Å². The summed E-state index contributed by atoms with van der Waals surface area (Å²) in [7, 11) is -4.56. The Bertz CT molecular complexity index is 1490. The van der Waals surface area contributed by atoms with E-state index >= 15 is 0 Å². The molecule has 2 aromatic rings. The zero-order chi connectivity index (χ0) is 30.2. The van der Waals surface area contributed by atoms with Gasteiger partial charge in [0.2, 0.25) is 11.8 Å². The van der Waals surface area contributed by atoms with Gasteiger partial charge in [-0.15, -0.1) is 0 Å². The number of alkyl halides is 7. The second-order valence-electron chi connectivity index (χ2n) is 10.4. The van der Waals surface area contributed by atoms with Crippen LogP contribution in [0.5, 0.6) is 0 Å². The Labute approximate surface area is 228 Å². The van der Waals surface area contributed by atoms with E-state index < -0.39 is 67.6 Å². The number of amides is 2. The van der Waals surface area contributed by atoms with Crippen molar-refractivity contribution in [2.45, 2.75) is 59.8 Å². The van der Waals surface area contributed by atoms with E-state index in [-0.39, 0.29) is 60.7 Å². The van der Waals surface area contributed by atoms with Crippen LogP contribution in [0.3, 0.4) is 0 Å². The van der Waals surface area contributed by atoms with Gasteiger partial charge in [-0.25, -0.2) is 17.2 Å². The average Bonchev–Trinajstić information content (AvgIpc) is 3.51. The van der Waals surface area contributed by atoms with Gasteiger partial charge in [0.15, 0.2) is 9.84 Å². The first-order valence-electron chi connectivity index (χ1n) is 12.5. The SMILES string of the molecule is O=C1CCN(C(=O)[C@@H]2CC[C@@]3(S(=O)(=O)c4ccc(F)cc4)c4ccc(C(F)(C(F)(F)F)C(F)(F)F)cc4CC[C@@H]23)N1. The van der Waals surface area contributed by atoms with Crippen LogP contribution < -0.4 is 5.43 Å². The summed E-state index contributed by atoms with van der Waals surface area (Å²) < 4.78 is 136. The lowest BCUT2D eigenvalue weighted by atomic mass is 9.72. The molecular formula is C26H22F8N2O4S. The first kappa shape index (κ1) is 29.3. The summed E-state index contributed by atoms with van der Waals surface area (Å²) in [5, 5.41) is 1.07. The minimum atomic E-state index is -6.36. The number of nitrogens with zero attached hydrogens (tertiary/aromatic N) is 1. The van der Waals surface area contributed by atoms with E-state index in [9.17, 15) is 53.1 Å². The number of rotatable bonds is 4. The topological polar surface area (TPSA) is 83.6 Å². The molecule has 0 unspecified atom stereocenters. The van der Waals surface area contributed by atoms with E-state index in [1.807, 2.05) is 0 Å². The molecule has 6 nitrogen and oxygen atoms in total. The number of fused-ring (bicyclic) bond motifs is 3. The van der Waals surface area contributed by atoms with Crippen LogP contribution in [-0.4, -0.2) is 44.1 Å². The second-order valence-corrected chi connectivity index (χ2v) is 12.6. The normalized spacial score (nSPS) is 25.1. The number of hydrogen-bond acceptors (Lipinski definition) is 4. The van der Waals surface area contributed by atoms with Gasteiger partial charge in [-0.1, -0.05) is 18.2 Å². The quantitative estimate of drug-likeness (QED) is 0.390. The molecule has 1 saturated carbocycles. The molecule has 1 aliphatic heterocycles. The highest BCUT2D eigenvalue weighted by Gasteiger charge is 2.74. The Kier molecular flexibility index (Phi) is 6.71. The molecule has 15 heteroatoms. The summed E-state index contributed by atoms with van der Waals surface area (Å²) in [6.45, 7) is 0.0337. The van der Waals surface area contributed by atoms with Gasteiger partial charge in [0.25, 0.3) is 0 Å². The first-order chi connectivity index (χ1) is 18.9. The van der Waals surface area contributed by atoms with Gasteiger partial charge in [-0.3, -0.25) is 20.0 Å². The number of hydrazine groups is 1. The minimum Gasteiger partial charge on any atom is -0.273 e. The summed E-state index contributed by atoms with van der Waals surface area (Å²) >= 11 is 0. The standard InChI is InChI=1S/C26H22F8N2O4S/c27-16-3-5-17(6-4-16)41(39,40)23-11-9-18(22(38)36-12-10-21(37)35-36)20(23)7-1-14-13-15(2-8-19(14)23)24(28,25(29,30)31)26(32,33)34/h2-6,8,13,18,20H,1,7,9-12H2,(H,35,37)/t18-,20+,23-/m1/s1. The van der Waals surface area contributed by atoms with Crippen molar-refractivity contribution < 1.29 is 53.1 Å². The van der Waals surface area contributed by atoms with Gasteiger partial charge >= 0.3 is 18.0 Å². The Hall–Kier alpha value is -3.23. The van der Waals surface area contributed by atoms with Crippen LogP contribution in [-0.2, 0) is 36.3 Å². The van der Waals surface area contributed by atoms with Gasteiger partial charge in [-0.05, 0) is 67.0 Å².